The monoisotopic (exact) mass is 358 g/mol. The molecule has 0 saturated carbocycles. The van der Waals surface area contributed by atoms with E-state index in [-0.39, 0.29) is 0 Å². The Hall–Kier alpha value is -3.39. The molecule has 0 aliphatic heterocycles. The number of nitrogens with zero attached hydrogens (tertiary/aromatic N) is 3. The van der Waals surface area contributed by atoms with Crippen LogP contribution in [0.15, 0.2) is 48.7 Å². The average Bonchev–Trinajstić information content (AvgIpc) is 2.95. The quantitative estimate of drug-likeness (QED) is 0.727. The Morgan fingerprint density at radius 3 is 2.52 bits per heavy atom. The fourth-order valence-corrected chi connectivity index (χ4v) is 3.49. The van der Waals surface area contributed by atoms with Crippen LogP contribution in [-0.2, 0) is 13.0 Å². The predicted molar refractivity (Wildman–Crippen MR) is 105 cm³/mol. The number of pyridine rings is 1. The topological polar surface area (TPSA) is 84.7 Å². The number of aromatic nitrogens is 2. The van der Waals surface area contributed by atoms with Gasteiger partial charge in [0.25, 0.3) is 5.91 Å². The van der Waals surface area contributed by atoms with Crippen LogP contribution in [0.5, 0.6) is 0 Å². The lowest BCUT2D eigenvalue weighted by atomic mass is 9.97. The van der Waals surface area contributed by atoms with Crippen LogP contribution in [0.1, 0.15) is 46.3 Å². The number of primary amides is 1. The lowest BCUT2D eigenvalue weighted by Crippen LogP contribution is -2.14. The fourth-order valence-electron chi connectivity index (χ4n) is 3.49. The Morgan fingerprint density at radius 2 is 1.96 bits per heavy atom. The van der Waals surface area contributed by atoms with E-state index in [0.29, 0.717) is 17.7 Å². The molecule has 1 aromatic carbocycles. The van der Waals surface area contributed by atoms with Gasteiger partial charge in [-0.15, -0.1) is 0 Å². The van der Waals surface area contributed by atoms with E-state index in [4.69, 9.17) is 11.0 Å². The number of carbonyl (C=O) groups is 1. The molecule has 0 radical (unpaired) electrons. The van der Waals surface area contributed by atoms with Crippen LogP contribution < -0.4 is 5.73 Å². The normalized spacial score (nSPS) is 10.6. The van der Waals surface area contributed by atoms with Gasteiger partial charge in [-0.25, -0.2) is 0 Å². The van der Waals surface area contributed by atoms with Crippen LogP contribution in [0.2, 0.25) is 0 Å². The first kappa shape index (κ1) is 18.4. The lowest BCUT2D eigenvalue weighted by molar-refractivity contribution is 0.1000. The highest BCUT2D eigenvalue weighted by atomic mass is 16.1. The number of carbonyl (C=O) groups excluding carboxylic acids is 1. The molecule has 0 spiro atoms. The molecule has 136 valence electrons. The summed E-state index contributed by atoms with van der Waals surface area (Å²) in [6.07, 6.45) is 3.52. The summed E-state index contributed by atoms with van der Waals surface area (Å²) in [6, 6.07) is 15.2. The van der Waals surface area contributed by atoms with Crippen molar-refractivity contribution in [3.05, 3.63) is 76.9 Å². The zero-order valence-corrected chi connectivity index (χ0v) is 15.6. The first-order valence-electron chi connectivity index (χ1n) is 8.99. The summed E-state index contributed by atoms with van der Waals surface area (Å²) in [6.45, 7) is 4.62. The van der Waals surface area contributed by atoms with Crippen LogP contribution >= 0.6 is 0 Å². The number of hydrogen-bond donors (Lipinski definition) is 1. The highest BCUT2D eigenvalue weighted by Crippen LogP contribution is 2.34. The van der Waals surface area contributed by atoms with Gasteiger partial charge in [0.1, 0.15) is 0 Å². The maximum absolute atomic E-state index is 12.3. The second-order valence-corrected chi connectivity index (χ2v) is 6.49. The Kier molecular flexibility index (Phi) is 5.37. The summed E-state index contributed by atoms with van der Waals surface area (Å²) >= 11 is 0. The Bertz CT molecular complexity index is 996. The number of benzene rings is 1. The summed E-state index contributed by atoms with van der Waals surface area (Å²) < 4.78 is 2.14. The number of nitrogens with two attached hydrogens (primary N) is 1. The van der Waals surface area contributed by atoms with Gasteiger partial charge < -0.3 is 10.3 Å². The summed E-state index contributed by atoms with van der Waals surface area (Å²) in [5.74, 6) is -0.441. The molecule has 0 unspecified atom stereocenters. The number of rotatable bonds is 6. The van der Waals surface area contributed by atoms with Crippen LogP contribution in [0.25, 0.3) is 11.1 Å². The van der Waals surface area contributed by atoms with Gasteiger partial charge in [0.05, 0.1) is 29.4 Å². The molecule has 1 amide bonds. The van der Waals surface area contributed by atoms with Crippen LogP contribution in [0.4, 0.5) is 0 Å². The van der Waals surface area contributed by atoms with Gasteiger partial charge in [-0.05, 0) is 43.2 Å². The third kappa shape index (κ3) is 3.61. The minimum absolute atomic E-state index is 0.441. The van der Waals surface area contributed by atoms with Crippen LogP contribution in [0, 0.1) is 18.3 Å². The molecule has 3 rings (SSSR count). The molecule has 5 nitrogen and oxygen atoms in total. The van der Waals surface area contributed by atoms with Gasteiger partial charge in [0, 0.05) is 23.1 Å². The predicted octanol–water partition coefficient (Wildman–Crippen LogP) is 3.83. The van der Waals surface area contributed by atoms with Crippen molar-refractivity contribution in [1.29, 1.82) is 5.26 Å². The zero-order valence-electron chi connectivity index (χ0n) is 15.6. The average molecular weight is 358 g/mol. The molecule has 0 atom stereocenters. The molecule has 0 aliphatic carbocycles. The second-order valence-electron chi connectivity index (χ2n) is 6.49. The second kappa shape index (κ2) is 7.88. The van der Waals surface area contributed by atoms with Crippen molar-refractivity contribution in [3.8, 4) is 17.2 Å². The van der Waals surface area contributed by atoms with Crippen molar-refractivity contribution in [2.75, 3.05) is 0 Å². The fraction of sp³-hybridized carbons (Fsp3) is 0.227. The van der Waals surface area contributed by atoms with Crippen molar-refractivity contribution in [1.82, 2.24) is 9.55 Å². The van der Waals surface area contributed by atoms with Crippen molar-refractivity contribution in [2.45, 2.75) is 33.2 Å². The van der Waals surface area contributed by atoms with Gasteiger partial charge in [0.2, 0.25) is 0 Å². The standard InChI is InChI=1S/C22H22N4O/c1-3-6-19-21(17-10-8-16(13-23)9-11-17)20(22(24)27)15(2)26(19)14-18-7-4-5-12-25-18/h4-5,7-12H,3,6,14H2,1-2H3,(H2,24,27). The van der Waals surface area contributed by atoms with Crippen LogP contribution in [-0.4, -0.2) is 15.5 Å². The Balaban J connectivity index is 2.22. The van der Waals surface area contributed by atoms with Crippen molar-refractivity contribution < 1.29 is 4.79 Å². The molecule has 0 fully saturated rings. The van der Waals surface area contributed by atoms with Gasteiger partial charge in [0.15, 0.2) is 0 Å². The zero-order chi connectivity index (χ0) is 19.4. The first-order chi connectivity index (χ1) is 13.1. The van der Waals surface area contributed by atoms with Crippen molar-refractivity contribution in [2.24, 2.45) is 5.73 Å². The molecule has 0 saturated heterocycles. The van der Waals surface area contributed by atoms with Crippen LogP contribution in [0.3, 0.4) is 0 Å². The van der Waals surface area contributed by atoms with Gasteiger partial charge in [-0.3, -0.25) is 9.78 Å². The van der Waals surface area contributed by atoms with Gasteiger partial charge >= 0.3 is 0 Å². The maximum Gasteiger partial charge on any atom is 0.251 e. The molecule has 3 aromatic rings. The first-order valence-corrected chi connectivity index (χ1v) is 8.99. The largest absolute Gasteiger partial charge is 0.366 e. The van der Waals surface area contributed by atoms with E-state index in [1.165, 1.54) is 0 Å². The van der Waals surface area contributed by atoms with E-state index >= 15 is 0 Å². The van der Waals surface area contributed by atoms with Gasteiger partial charge in [-0.2, -0.15) is 5.26 Å². The van der Waals surface area contributed by atoms with E-state index in [9.17, 15) is 4.79 Å². The van der Waals surface area contributed by atoms with E-state index in [2.05, 4.69) is 22.5 Å². The molecule has 2 N–H and O–H groups in total. The SMILES string of the molecule is CCCc1c(-c2ccc(C#N)cc2)c(C(N)=O)c(C)n1Cc1ccccn1. The Labute approximate surface area is 159 Å². The van der Waals surface area contributed by atoms with Gasteiger partial charge in [-0.1, -0.05) is 31.5 Å². The van der Waals surface area contributed by atoms with Crippen molar-refractivity contribution >= 4 is 5.91 Å². The highest BCUT2D eigenvalue weighted by Gasteiger charge is 2.24. The molecular formula is C22H22N4O. The molecule has 27 heavy (non-hydrogen) atoms. The molecular weight excluding hydrogens is 336 g/mol. The van der Waals surface area contributed by atoms with E-state index < -0.39 is 5.91 Å². The van der Waals surface area contributed by atoms with E-state index in [1.807, 2.05) is 37.3 Å². The summed E-state index contributed by atoms with van der Waals surface area (Å²) in [4.78, 5) is 16.7. The van der Waals surface area contributed by atoms with E-state index in [0.717, 1.165) is 41.1 Å². The molecule has 0 bridgehead atoms. The number of amides is 1. The Morgan fingerprint density at radius 1 is 1.22 bits per heavy atom. The number of nitriles is 1. The smallest absolute Gasteiger partial charge is 0.251 e. The number of hydrogen-bond acceptors (Lipinski definition) is 3. The minimum Gasteiger partial charge on any atom is -0.366 e. The maximum atomic E-state index is 12.3. The molecule has 5 heteroatoms. The summed E-state index contributed by atoms with van der Waals surface area (Å²) in [5, 5.41) is 9.06. The minimum atomic E-state index is -0.441. The third-order valence-corrected chi connectivity index (χ3v) is 4.71. The van der Waals surface area contributed by atoms with E-state index in [1.54, 1.807) is 18.3 Å². The lowest BCUT2D eigenvalue weighted by Gasteiger charge is -2.12. The molecule has 0 aliphatic rings. The van der Waals surface area contributed by atoms with Crippen molar-refractivity contribution in [3.63, 3.8) is 0 Å². The molecule has 2 aromatic heterocycles. The third-order valence-electron chi connectivity index (χ3n) is 4.71. The highest BCUT2D eigenvalue weighted by molar-refractivity contribution is 6.02. The summed E-state index contributed by atoms with van der Waals surface area (Å²) in [7, 11) is 0. The summed E-state index contributed by atoms with van der Waals surface area (Å²) in [5.41, 5.74) is 11.5. The molecule has 2 heterocycles.